The van der Waals surface area contributed by atoms with E-state index in [9.17, 15) is 14.4 Å². The summed E-state index contributed by atoms with van der Waals surface area (Å²) in [7, 11) is 0. The number of nitrogens with one attached hydrogen (secondary N) is 5. The van der Waals surface area contributed by atoms with Crippen molar-refractivity contribution in [3.63, 3.8) is 0 Å². The number of carbonyl (C=O) groups is 3. The van der Waals surface area contributed by atoms with Crippen molar-refractivity contribution in [3.8, 4) is 17.3 Å². The average Bonchev–Trinajstić information content (AvgIpc) is 4.07. The SMILES string of the molecule is CCC[NH+](CCCNC(=O)CCCCCCCCCCCNC(=O)CCCOc1ccc(CCNc2nc(N)n3nc(-c4ccco4)nc3n2)cc1)CCc1cccc2c1CC(=O)N2. The number of nitrogen functional groups attached to an aromatic ring is 1. The zero-order valence-electron chi connectivity index (χ0n) is 37.6. The number of unbranched alkanes of at least 4 members (excludes halogenated alkanes) is 8. The molecule has 0 bridgehead atoms. The van der Waals surface area contributed by atoms with Crippen LogP contribution in [0.15, 0.2) is 65.3 Å². The van der Waals surface area contributed by atoms with Gasteiger partial charge in [-0.3, -0.25) is 14.4 Å². The number of ether oxygens (including phenoxy) is 1. The van der Waals surface area contributed by atoms with Gasteiger partial charge in [-0.2, -0.15) is 19.5 Å². The standard InChI is InChI=1S/C48H67N11O5/c1-2-30-58(32-26-37-16-12-17-40-39(37)35-44(62)53-40)31-15-28-51-42(60)19-10-8-6-4-3-5-7-9-11-27-50-43(61)20-14-33-63-38-23-21-36(22-24-38)25-29-52-47-55-46(49)59-48(56-47)54-45(57-59)41-18-13-34-64-41/h12-13,16-18,21-24,34H,2-11,14-15,19-20,25-33,35H2,1H3,(H,50,61)(H,51,60)(H,53,62)(H3,49,52,54,55,56,57)/p+1. The van der Waals surface area contributed by atoms with Crippen LogP contribution in [0.2, 0.25) is 0 Å². The Kier molecular flexibility index (Phi) is 19.2. The Balaban J connectivity index is 0.694. The molecular weight excluding hydrogens is 811 g/mol. The first-order valence-electron chi connectivity index (χ1n) is 23.5. The second kappa shape index (κ2) is 25.9. The first kappa shape index (κ1) is 47.4. The Morgan fingerprint density at radius 2 is 1.53 bits per heavy atom. The average molecular weight is 879 g/mol. The molecule has 7 N–H and O–H groups in total. The number of furan rings is 1. The molecule has 0 spiro atoms. The predicted molar refractivity (Wildman–Crippen MR) is 249 cm³/mol. The first-order valence-corrected chi connectivity index (χ1v) is 23.5. The number of fused-ring (bicyclic) bond motifs is 2. The fourth-order valence-electron chi connectivity index (χ4n) is 8.10. The number of anilines is 3. The van der Waals surface area contributed by atoms with E-state index in [1.807, 2.05) is 36.4 Å². The van der Waals surface area contributed by atoms with E-state index in [0.29, 0.717) is 62.1 Å². The largest absolute Gasteiger partial charge is 0.494 e. The van der Waals surface area contributed by atoms with Crippen molar-refractivity contribution in [2.24, 2.45) is 0 Å². The maximum Gasteiger partial charge on any atom is 0.259 e. The molecule has 1 aliphatic rings. The van der Waals surface area contributed by atoms with E-state index in [-0.39, 0.29) is 23.7 Å². The summed E-state index contributed by atoms with van der Waals surface area (Å²) in [5.41, 5.74) is 10.6. The maximum absolute atomic E-state index is 12.4. The van der Waals surface area contributed by atoms with Crippen LogP contribution >= 0.6 is 0 Å². The van der Waals surface area contributed by atoms with Gasteiger partial charge >= 0.3 is 0 Å². The normalized spacial score (nSPS) is 12.5. The first-order chi connectivity index (χ1) is 31.3. The minimum Gasteiger partial charge on any atom is -0.494 e. The van der Waals surface area contributed by atoms with Crippen LogP contribution in [0.3, 0.4) is 0 Å². The number of nitrogens with two attached hydrogens (primary N) is 1. The van der Waals surface area contributed by atoms with Crippen molar-refractivity contribution < 1.29 is 28.4 Å². The third kappa shape index (κ3) is 15.6. The lowest BCUT2D eigenvalue weighted by molar-refractivity contribution is -0.900. The molecule has 4 heterocycles. The van der Waals surface area contributed by atoms with Crippen molar-refractivity contribution in [1.29, 1.82) is 0 Å². The molecular formula is C48H68N11O5+. The molecule has 2 aromatic carbocycles. The summed E-state index contributed by atoms with van der Waals surface area (Å²) in [5.74, 6) is 2.90. The van der Waals surface area contributed by atoms with E-state index >= 15 is 0 Å². The number of quaternary nitrogens is 1. The van der Waals surface area contributed by atoms with Gasteiger partial charge in [-0.1, -0.05) is 76.1 Å². The second-order valence-corrected chi connectivity index (χ2v) is 16.7. The van der Waals surface area contributed by atoms with Crippen molar-refractivity contribution in [3.05, 3.63) is 77.6 Å². The van der Waals surface area contributed by atoms with Gasteiger partial charge in [0.1, 0.15) is 5.75 Å². The van der Waals surface area contributed by atoms with Gasteiger partial charge in [0, 0.05) is 51.0 Å². The lowest BCUT2D eigenvalue weighted by Crippen LogP contribution is -3.12. The van der Waals surface area contributed by atoms with Crippen LogP contribution in [0.4, 0.5) is 17.6 Å². The van der Waals surface area contributed by atoms with Crippen molar-refractivity contribution in [2.45, 2.75) is 116 Å². The monoisotopic (exact) mass is 879 g/mol. The predicted octanol–water partition coefficient (Wildman–Crippen LogP) is 5.73. The molecule has 3 aromatic heterocycles. The minimum absolute atomic E-state index is 0.0720. The van der Waals surface area contributed by atoms with E-state index in [1.165, 1.54) is 42.2 Å². The lowest BCUT2D eigenvalue weighted by atomic mass is 10.0. The van der Waals surface area contributed by atoms with Crippen molar-refractivity contribution in [1.82, 2.24) is 35.2 Å². The van der Waals surface area contributed by atoms with E-state index in [1.54, 1.807) is 23.3 Å². The molecule has 0 saturated heterocycles. The third-order valence-electron chi connectivity index (χ3n) is 11.6. The molecule has 1 unspecified atom stereocenters. The fraction of sp³-hybridized carbons (Fsp3) is 0.521. The third-order valence-corrected chi connectivity index (χ3v) is 11.6. The van der Waals surface area contributed by atoms with Gasteiger partial charge in [-0.25, -0.2) is 0 Å². The fourth-order valence-corrected chi connectivity index (χ4v) is 8.10. The number of aromatic nitrogens is 5. The maximum atomic E-state index is 12.4. The smallest absolute Gasteiger partial charge is 0.259 e. The molecule has 5 aromatic rings. The molecule has 1 atom stereocenters. The number of carbonyl (C=O) groups excluding carboxylic acids is 3. The Hall–Kier alpha value is -6.03. The number of hydrogen-bond donors (Lipinski definition) is 6. The molecule has 0 saturated carbocycles. The Morgan fingerprint density at radius 1 is 0.797 bits per heavy atom. The highest BCUT2D eigenvalue weighted by Crippen LogP contribution is 2.26. The molecule has 3 amide bonds. The van der Waals surface area contributed by atoms with Crippen molar-refractivity contribution in [2.75, 3.05) is 62.2 Å². The summed E-state index contributed by atoms with van der Waals surface area (Å²) in [6, 6.07) is 17.6. The lowest BCUT2D eigenvalue weighted by Gasteiger charge is -2.19. The highest BCUT2D eigenvalue weighted by atomic mass is 16.5. The Labute approximate surface area is 376 Å². The van der Waals surface area contributed by atoms with Gasteiger partial charge in [0.2, 0.25) is 35.4 Å². The van der Waals surface area contributed by atoms with Crippen LogP contribution in [0.5, 0.6) is 5.75 Å². The van der Waals surface area contributed by atoms with Gasteiger partial charge in [0.15, 0.2) is 5.76 Å². The van der Waals surface area contributed by atoms with Gasteiger partial charge < -0.3 is 41.1 Å². The second-order valence-electron chi connectivity index (χ2n) is 16.7. The highest BCUT2D eigenvalue weighted by molar-refractivity contribution is 5.99. The van der Waals surface area contributed by atoms with E-state index < -0.39 is 0 Å². The highest BCUT2D eigenvalue weighted by Gasteiger charge is 2.21. The summed E-state index contributed by atoms with van der Waals surface area (Å²) in [4.78, 5) is 51.2. The molecule has 64 heavy (non-hydrogen) atoms. The van der Waals surface area contributed by atoms with E-state index in [4.69, 9.17) is 14.9 Å². The summed E-state index contributed by atoms with van der Waals surface area (Å²) in [6.07, 6.45) is 17.8. The molecule has 344 valence electrons. The number of benzene rings is 2. The number of rotatable bonds is 31. The Bertz CT molecular complexity index is 2190. The van der Waals surface area contributed by atoms with Gasteiger partial charge in [0.25, 0.3) is 5.78 Å². The van der Waals surface area contributed by atoms with Crippen LogP contribution in [0.25, 0.3) is 17.4 Å². The van der Waals surface area contributed by atoms with Crippen LogP contribution < -0.4 is 36.6 Å². The zero-order chi connectivity index (χ0) is 44.8. The van der Waals surface area contributed by atoms with Crippen LogP contribution in [0, 0.1) is 0 Å². The molecule has 1 aliphatic heterocycles. The quantitative estimate of drug-likeness (QED) is 0.0297. The molecule has 16 nitrogen and oxygen atoms in total. The Morgan fingerprint density at radius 3 is 2.28 bits per heavy atom. The molecule has 0 aliphatic carbocycles. The summed E-state index contributed by atoms with van der Waals surface area (Å²) in [5, 5.41) is 16.6. The van der Waals surface area contributed by atoms with E-state index in [2.05, 4.69) is 54.3 Å². The summed E-state index contributed by atoms with van der Waals surface area (Å²) in [6.45, 7) is 7.95. The summed E-state index contributed by atoms with van der Waals surface area (Å²) >= 11 is 0. The van der Waals surface area contributed by atoms with Crippen LogP contribution in [-0.4, -0.2) is 88.2 Å². The van der Waals surface area contributed by atoms with Gasteiger partial charge in [0.05, 0.1) is 38.9 Å². The molecule has 0 radical (unpaired) electrons. The summed E-state index contributed by atoms with van der Waals surface area (Å²) < 4.78 is 12.6. The number of amides is 3. The van der Waals surface area contributed by atoms with Gasteiger partial charge in [-0.05, 0) is 79.1 Å². The van der Waals surface area contributed by atoms with Crippen LogP contribution in [0.1, 0.15) is 114 Å². The number of hydrogen-bond acceptors (Lipinski definition) is 11. The van der Waals surface area contributed by atoms with E-state index in [0.717, 1.165) is 107 Å². The number of nitrogens with zero attached hydrogens (tertiary/aromatic N) is 5. The topological polar surface area (TPSA) is 208 Å². The zero-order valence-corrected chi connectivity index (χ0v) is 37.6. The van der Waals surface area contributed by atoms with Gasteiger partial charge in [-0.15, -0.1) is 5.10 Å². The molecule has 0 fully saturated rings. The molecule has 16 heteroatoms. The minimum atomic E-state index is 0.0720. The molecule has 6 rings (SSSR count). The van der Waals surface area contributed by atoms with Crippen LogP contribution in [-0.2, 0) is 33.6 Å². The van der Waals surface area contributed by atoms with Crippen molar-refractivity contribution >= 4 is 41.1 Å².